The van der Waals surface area contributed by atoms with Crippen LogP contribution in [0.1, 0.15) is 34.0 Å². The summed E-state index contributed by atoms with van der Waals surface area (Å²) in [5, 5.41) is 13.3. The van der Waals surface area contributed by atoms with Gasteiger partial charge < -0.3 is 19.5 Å². The number of aliphatic hydroxyl groups is 1. The van der Waals surface area contributed by atoms with Crippen molar-refractivity contribution in [1.29, 1.82) is 0 Å². The molecule has 1 amide bonds. The molecule has 1 atom stereocenters. The molecule has 198 valence electrons. The molecule has 0 bridgehead atoms. The molecule has 1 N–H and O–H groups in total. The van der Waals surface area contributed by atoms with Gasteiger partial charge in [0.1, 0.15) is 18.1 Å². The second-order valence-electron chi connectivity index (χ2n) is 9.57. The number of Topliss-reactive ketones (excluding diaryl/α,β-unsaturated/α-hetero) is 1. The summed E-state index contributed by atoms with van der Waals surface area (Å²) in [4.78, 5) is 31.2. The van der Waals surface area contributed by atoms with Crippen LogP contribution >= 0.6 is 11.3 Å². The third kappa shape index (κ3) is 5.67. The summed E-state index contributed by atoms with van der Waals surface area (Å²) in [5.41, 5.74) is 2.52. The number of aryl methyl sites for hydroxylation is 1. The van der Waals surface area contributed by atoms with Gasteiger partial charge in [0.2, 0.25) is 0 Å². The van der Waals surface area contributed by atoms with Gasteiger partial charge in [0.15, 0.2) is 0 Å². The van der Waals surface area contributed by atoms with Gasteiger partial charge in [-0.1, -0.05) is 36.4 Å². The maximum Gasteiger partial charge on any atom is 0.295 e. The Kier molecular flexibility index (Phi) is 8.22. The molecule has 8 heteroatoms. The van der Waals surface area contributed by atoms with Crippen molar-refractivity contribution in [1.82, 2.24) is 9.80 Å². The SMILES string of the molecule is Cc1cc(/C(O)=C2\C(=O)C(=O)N(CCCN3CCOCC3)[C@H]2c2cccs2)ccc1OCc1ccccc1. The Morgan fingerprint density at radius 2 is 1.84 bits per heavy atom. The number of rotatable bonds is 9. The number of amides is 1. The van der Waals surface area contributed by atoms with E-state index in [1.54, 1.807) is 23.1 Å². The molecule has 1 aromatic heterocycles. The molecule has 2 aliphatic heterocycles. The minimum Gasteiger partial charge on any atom is -0.507 e. The number of aliphatic hydroxyl groups excluding tert-OH is 1. The van der Waals surface area contributed by atoms with Crippen LogP contribution in [0.2, 0.25) is 0 Å². The van der Waals surface area contributed by atoms with Gasteiger partial charge in [-0.05, 0) is 54.1 Å². The number of benzene rings is 2. The van der Waals surface area contributed by atoms with E-state index in [0.717, 1.165) is 55.3 Å². The van der Waals surface area contributed by atoms with Crippen LogP contribution in [-0.4, -0.2) is 66.0 Å². The maximum absolute atomic E-state index is 13.3. The maximum atomic E-state index is 13.3. The van der Waals surface area contributed by atoms with Gasteiger partial charge in [0, 0.05) is 36.6 Å². The van der Waals surface area contributed by atoms with Crippen LogP contribution in [0, 0.1) is 6.92 Å². The van der Waals surface area contributed by atoms with Gasteiger partial charge in [-0.2, -0.15) is 0 Å². The molecule has 3 heterocycles. The predicted molar refractivity (Wildman–Crippen MR) is 147 cm³/mol. The Morgan fingerprint density at radius 1 is 1.05 bits per heavy atom. The highest BCUT2D eigenvalue weighted by Gasteiger charge is 2.46. The van der Waals surface area contributed by atoms with Crippen molar-refractivity contribution < 1.29 is 24.2 Å². The van der Waals surface area contributed by atoms with Gasteiger partial charge in [0.25, 0.3) is 11.7 Å². The number of ether oxygens (including phenoxy) is 2. The molecule has 2 saturated heterocycles. The van der Waals surface area contributed by atoms with Crippen molar-refractivity contribution in [2.24, 2.45) is 0 Å². The van der Waals surface area contributed by atoms with E-state index in [4.69, 9.17) is 9.47 Å². The van der Waals surface area contributed by atoms with Crippen LogP contribution in [0.3, 0.4) is 0 Å². The summed E-state index contributed by atoms with van der Waals surface area (Å²) in [5.74, 6) is -0.667. The fraction of sp³-hybridized carbons (Fsp3) is 0.333. The molecule has 0 spiro atoms. The van der Waals surface area contributed by atoms with E-state index in [0.29, 0.717) is 24.5 Å². The van der Waals surface area contributed by atoms with Gasteiger partial charge in [-0.25, -0.2) is 0 Å². The second kappa shape index (κ2) is 11.9. The average molecular weight is 533 g/mol. The van der Waals surface area contributed by atoms with E-state index < -0.39 is 17.7 Å². The predicted octanol–water partition coefficient (Wildman–Crippen LogP) is 4.78. The Bertz CT molecular complexity index is 1300. The zero-order chi connectivity index (χ0) is 26.5. The lowest BCUT2D eigenvalue weighted by Gasteiger charge is -2.28. The Hall–Kier alpha value is -3.46. The first-order valence-electron chi connectivity index (χ1n) is 12.9. The molecule has 3 aromatic rings. The lowest BCUT2D eigenvalue weighted by atomic mass is 9.98. The molecule has 38 heavy (non-hydrogen) atoms. The molecule has 7 nitrogen and oxygen atoms in total. The highest BCUT2D eigenvalue weighted by Crippen LogP contribution is 2.41. The number of likely N-dealkylation sites (tertiary alicyclic amines) is 1. The minimum absolute atomic E-state index is 0.140. The quantitative estimate of drug-likeness (QED) is 0.243. The smallest absolute Gasteiger partial charge is 0.295 e. The zero-order valence-electron chi connectivity index (χ0n) is 21.5. The standard InChI is InChI=1S/C30H32N2O5S/c1-21-19-23(10-11-24(21)37-20-22-7-3-2-4-8-22)28(33)26-27(25-9-5-18-38-25)32(30(35)29(26)34)13-6-12-31-14-16-36-17-15-31/h2-5,7-11,18-19,27,33H,6,12-17,20H2,1H3/b28-26+/t27-/m0/s1. The first-order valence-corrected chi connectivity index (χ1v) is 13.8. The molecule has 0 aliphatic carbocycles. The zero-order valence-corrected chi connectivity index (χ0v) is 22.3. The van der Waals surface area contributed by atoms with E-state index in [1.807, 2.05) is 54.8 Å². The van der Waals surface area contributed by atoms with Crippen LogP contribution in [0.15, 0.2) is 71.6 Å². The molecule has 0 radical (unpaired) electrons. The molecule has 0 saturated carbocycles. The van der Waals surface area contributed by atoms with Crippen molar-refractivity contribution >= 4 is 28.8 Å². The molecule has 2 aromatic carbocycles. The van der Waals surface area contributed by atoms with Crippen molar-refractivity contribution in [3.05, 3.63) is 93.2 Å². The third-order valence-electron chi connectivity index (χ3n) is 7.02. The number of carbonyl (C=O) groups is 2. The van der Waals surface area contributed by atoms with Gasteiger partial charge in [0.05, 0.1) is 24.8 Å². The van der Waals surface area contributed by atoms with Crippen molar-refractivity contribution in [2.75, 3.05) is 39.4 Å². The van der Waals surface area contributed by atoms with E-state index in [9.17, 15) is 14.7 Å². The Labute approximate surface area is 226 Å². The normalized spacial score (nSPS) is 19.7. The molecular formula is C30H32N2O5S. The van der Waals surface area contributed by atoms with Crippen LogP contribution < -0.4 is 4.74 Å². The molecule has 2 aliphatic rings. The number of nitrogens with zero attached hydrogens (tertiary/aromatic N) is 2. The lowest BCUT2D eigenvalue weighted by molar-refractivity contribution is -0.140. The highest BCUT2D eigenvalue weighted by molar-refractivity contribution is 7.10. The number of ketones is 1. The van der Waals surface area contributed by atoms with E-state index in [1.165, 1.54) is 11.3 Å². The number of morpholine rings is 1. The monoisotopic (exact) mass is 532 g/mol. The van der Waals surface area contributed by atoms with Crippen molar-refractivity contribution in [3.63, 3.8) is 0 Å². The van der Waals surface area contributed by atoms with E-state index in [-0.39, 0.29) is 11.3 Å². The Morgan fingerprint density at radius 3 is 2.55 bits per heavy atom. The third-order valence-corrected chi connectivity index (χ3v) is 7.94. The van der Waals surface area contributed by atoms with Crippen LogP contribution in [-0.2, 0) is 20.9 Å². The van der Waals surface area contributed by atoms with E-state index in [2.05, 4.69) is 4.90 Å². The lowest BCUT2D eigenvalue weighted by Crippen LogP contribution is -2.38. The minimum atomic E-state index is -0.644. The summed E-state index contributed by atoms with van der Waals surface area (Å²) in [6, 6.07) is 18.4. The Balaban J connectivity index is 1.38. The van der Waals surface area contributed by atoms with Gasteiger partial charge in [-0.15, -0.1) is 11.3 Å². The van der Waals surface area contributed by atoms with Gasteiger partial charge in [-0.3, -0.25) is 14.5 Å². The van der Waals surface area contributed by atoms with Crippen LogP contribution in [0.25, 0.3) is 5.76 Å². The highest BCUT2D eigenvalue weighted by atomic mass is 32.1. The summed E-state index contributed by atoms with van der Waals surface area (Å²) in [6.45, 7) is 6.78. The average Bonchev–Trinajstić information content (AvgIpc) is 3.56. The largest absolute Gasteiger partial charge is 0.507 e. The first kappa shape index (κ1) is 26.2. The van der Waals surface area contributed by atoms with Crippen molar-refractivity contribution in [2.45, 2.75) is 26.0 Å². The molecular weight excluding hydrogens is 500 g/mol. The number of hydrogen-bond donors (Lipinski definition) is 1. The molecule has 2 fully saturated rings. The second-order valence-corrected chi connectivity index (χ2v) is 10.5. The fourth-order valence-corrected chi connectivity index (χ4v) is 5.84. The van der Waals surface area contributed by atoms with Crippen LogP contribution in [0.5, 0.6) is 5.75 Å². The fourth-order valence-electron chi connectivity index (χ4n) is 4.99. The topological polar surface area (TPSA) is 79.3 Å². The molecule has 5 rings (SSSR count). The first-order chi connectivity index (χ1) is 18.5. The van der Waals surface area contributed by atoms with Crippen LogP contribution in [0.4, 0.5) is 0 Å². The van der Waals surface area contributed by atoms with E-state index >= 15 is 0 Å². The summed E-state index contributed by atoms with van der Waals surface area (Å²) in [6.07, 6.45) is 0.738. The van der Waals surface area contributed by atoms with Gasteiger partial charge >= 0.3 is 0 Å². The number of carbonyl (C=O) groups excluding carboxylic acids is 2. The number of thiophene rings is 1. The van der Waals surface area contributed by atoms with Crippen molar-refractivity contribution in [3.8, 4) is 5.75 Å². The number of hydrogen-bond acceptors (Lipinski definition) is 7. The summed E-state index contributed by atoms with van der Waals surface area (Å²) >= 11 is 1.48. The molecule has 0 unspecified atom stereocenters. The summed E-state index contributed by atoms with van der Waals surface area (Å²) in [7, 11) is 0. The summed E-state index contributed by atoms with van der Waals surface area (Å²) < 4.78 is 11.4.